The highest BCUT2D eigenvalue weighted by molar-refractivity contribution is 5.82. The van der Waals surface area contributed by atoms with E-state index in [0.717, 1.165) is 0 Å². The van der Waals surface area contributed by atoms with Gasteiger partial charge in [0.25, 0.3) is 0 Å². The maximum atomic E-state index is 12.1. The molecule has 0 aliphatic carbocycles. The maximum Gasteiger partial charge on any atom is 0.310 e. The summed E-state index contributed by atoms with van der Waals surface area (Å²) >= 11 is 0. The van der Waals surface area contributed by atoms with Crippen molar-refractivity contribution in [3.05, 3.63) is 0 Å². The predicted molar refractivity (Wildman–Crippen MR) is 70.9 cm³/mol. The van der Waals surface area contributed by atoms with Gasteiger partial charge in [0, 0.05) is 19.1 Å². The molecule has 0 radical (unpaired) electrons. The summed E-state index contributed by atoms with van der Waals surface area (Å²) in [7, 11) is 0. The van der Waals surface area contributed by atoms with Crippen molar-refractivity contribution in [2.75, 3.05) is 26.3 Å². The summed E-state index contributed by atoms with van der Waals surface area (Å²) in [6.07, 6.45) is 0. The number of carboxylic acids is 1. The van der Waals surface area contributed by atoms with Crippen LogP contribution in [0.5, 0.6) is 0 Å². The van der Waals surface area contributed by atoms with Crippen LogP contribution in [0.15, 0.2) is 0 Å². The van der Waals surface area contributed by atoms with Gasteiger partial charge in [-0.05, 0) is 27.7 Å². The number of ether oxygens (including phenoxy) is 1. The Balaban J connectivity index is 2.72. The average Bonchev–Trinajstić information content (AvgIpc) is 2.27. The van der Waals surface area contributed by atoms with Crippen LogP contribution in [0.1, 0.15) is 27.7 Å². The average molecular weight is 272 g/mol. The van der Waals surface area contributed by atoms with Crippen LogP contribution in [0.4, 0.5) is 0 Å². The molecule has 0 saturated carbocycles. The third-order valence-electron chi connectivity index (χ3n) is 3.15. The number of carbonyl (C=O) groups is 2. The molecule has 0 aromatic heterocycles. The number of amides is 1. The molecule has 0 aromatic rings. The molecule has 6 heteroatoms. The van der Waals surface area contributed by atoms with E-state index in [2.05, 4.69) is 5.32 Å². The fourth-order valence-corrected chi connectivity index (χ4v) is 2.02. The molecular weight excluding hydrogens is 248 g/mol. The molecule has 1 saturated heterocycles. The minimum atomic E-state index is -0.881. The van der Waals surface area contributed by atoms with Gasteiger partial charge < -0.3 is 15.2 Å². The first-order valence-electron chi connectivity index (χ1n) is 6.59. The predicted octanol–water partition coefficient (Wildman–Crippen LogP) is 0.323. The summed E-state index contributed by atoms with van der Waals surface area (Å²) in [5, 5.41) is 12.0. The number of hydrogen-bond donors (Lipinski definition) is 2. The molecule has 1 atom stereocenters. The molecule has 6 nitrogen and oxygen atoms in total. The zero-order chi connectivity index (χ0) is 14.6. The van der Waals surface area contributed by atoms with Gasteiger partial charge in [-0.15, -0.1) is 0 Å². The molecule has 1 fully saturated rings. The van der Waals surface area contributed by atoms with E-state index in [1.165, 1.54) is 0 Å². The van der Waals surface area contributed by atoms with E-state index in [-0.39, 0.29) is 11.9 Å². The van der Waals surface area contributed by atoms with Crippen molar-refractivity contribution >= 4 is 11.9 Å². The minimum Gasteiger partial charge on any atom is -0.481 e. The monoisotopic (exact) mass is 272 g/mol. The molecule has 2 N–H and O–H groups in total. The van der Waals surface area contributed by atoms with Crippen LogP contribution >= 0.6 is 0 Å². The Labute approximate surface area is 114 Å². The second-order valence-electron chi connectivity index (χ2n) is 5.91. The van der Waals surface area contributed by atoms with Gasteiger partial charge in [0.15, 0.2) is 0 Å². The van der Waals surface area contributed by atoms with E-state index in [9.17, 15) is 14.7 Å². The molecule has 0 bridgehead atoms. The standard InChI is InChI=1S/C13H24N2O4/c1-9(2)14-11(16)10-7-19-6-5-15(10)8-13(3,4)12(17)18/h9-10H,5-8H2,1-4H3,(H,14,16)(H,17,18). The topological polar surface area (TPSA) is 78.9 Å². The summed E-state index contributed by atoms with van der Waals surface area (Å²) < 4.78 is 5.34. The Morgan fingerprint density at radius 2 is 2.11 bits per heavy atom. The van der Waals surface area contributed by atoms with E-state index in [1.807, 2.05) is 18.7 Å². The molecule has 0 spiro atoms. The van der Waals surface area contributed by atoms with Crippen LogP contribution in [0.3, 0.4) is 0 Å². The Kier molecular flexibility index (Phi) is 5.31. The number of aliphatic carboxylic acids is 1. The molecule has 0 aromatic carbocycles. The first kappa shape index (κ1) is 15.9. The molecule has 110 valence electrons. The highest BCUT2D eigenvalue weighted by Gasteiger charge is 2.36. The zero-order valence-electron chi connectivity index (χ0n) is 12.1. The van der Waals surface area contributed by atoms with Crippen LogP contribution in [-0.2, 0) is 14.3 Å². The normalized spacial score (nSPS) is 21.4. The van der Waals surface area contributed by atoms with Crippen molar-refractivity contribution in [3.63, 3.8) is 0 Å². The second-order valence-corrected chi connectivity index (χ2v) is 5.91. The lowest BCUT2D eigenvalue weighted by Crippen LogP contribution is -2.57. The lowest BCUT2D eigenvalue weighted by molar-refractivity contribution is -0.151. The van der Waals surface area contributed by atoms with E-state index >= 15 is 0 Å². The highest BCUT2D eigenvalue weighted by Crippen LogP contribution is 2.20. The van der Waals surface area contributed by atoms with Gasteiger partial charge in [-0.3, -0.25) is 14.5 Å². The SMILES string of the molecule is CC(C)NC(=O)C1COCCN1CC(C)(C)C(=O)O. The molecule has 1 unspecified atom stereocenters. The van der Waals surface area contributed by atoms with Crippen molar-refractivity contribution in [2.45, 2.75) is 39.8 Å². The number of nitrogens with zero attached hydrogens (tertiary/aromatic N) is 1. The molecule has 1 rings (SSSR count). The molecule has 1 aliphatic rings. The van der Waals surface area contributed by atoms with Crippen molar-refractivity contribution < 1.29 is 19.4 Å². The van der Waals surface area contributed by atoms with Crippen LogP contribution in [0.25, 0.3) is 0 Å². The van der Waals surface area contributed by atoms with E-state index in [4.69, 9.17) is 4.74 Å². The Morgan fingerprint density at radius 1 is 1.47 bits per heavy atom. The quantitative estimate of drug-likeness (QED) is 0.753. The Hall–Kier alpha value is -1.14. The van der Waals surface area contributed by atoms with Gasteiger partial charge in [0.1, 0.15) is 6.04 Å². The fraction of sp³-hybridized carbons (Fsp3) is 0.846. The molecule has 1 amide bonds. The van der Waals surface area contributed by atoms with Crippen LogP contribution in [0.2, 0.25) is 0 Å². The second kappa shape index (κ2) is 6.34. The Bertz CT molecular complexity index is 342. The summed E-state index contributed by atoms with van der Waals surface area (Å²) in [6, 6.07) is -0.349. The smallest absolute Gasteiger partial charge is 0.310 e. The van der Waals surface area contributed by atoms with Crippen LogP contribution in [0, 0.1) is 5.41 Å². The lowest BCUT2D eigenvalue weighted by atomic mass is 9.92. The van der Waals surface area contributed by atoms with Crippen molar-refractivity contribution in [3.8, 4) is 0 Å². The number of carbonyl (C=O) groups excluding carboxylic acids is 1. The van der Waals surface area contributed by atoms with Crippen molar-refractivity contribution in [1.82, 2.24) is 10.2 Å². The fourth-order valence-electron chi connectivity index (χ4n) is 2.02. The largest absolute Gasteiger partial charge is 0.481 e. The van der Waals surface area contributed by atoms with E-state index in [0.29, 0.717) is 26.3 Å². The number of rotatable bonds is 5. The number of carboxylic acid groups (broad SMARTS) is 1. The number of nitrogens with one attached hydrogen (secondary N) is 1. The molecular formula is C13H24N2O4. The first-order chi connectivity index (χ1) is 8.74. The number of hydrogen-bond acceptors (Lipinski definition) is 4. The Morgan fingerprint density at radius 3 is 2.63 bits per heavy atom. The third-order valence-corrected chi connectivity index (χ3v) is 3.15. The van der Waals surface area contributed by atoms with Gasteiger partial charge in [-0.1, -0.05) is 0 Å². The van der Waals surface area contributed by atoms with Gasteiger partial charge in [0.05, 0.1) is 18.6 Å². The van der Waals surface area contributed by atoms with Gasteiger partial charge in [-0.25, -0.2) is 0 Å². The maximum absolute atomic E-state index is 12.1. The summed E-state index contributed by atoms with van der Waals surface area (Å²) in [6.45, 7) is 8.88. The van der Waals surface area contributed by atoms with Crippen LogP contribution < -0.4 is 5.32 Å². The van der Waals surface area contributed by atoms with E-state index < -0.39 is 17.4 Å². The molecule has 19 heavy (non-hydrogen) atoms. The summed E-state index contributed by atoms with van der Waals surface area (Å²) in [5.41, 5.74) is -0.881. The van der Waals surface area contributed by atoms with Gasteiger partial charge in [-0.2, -0.15) is 0 Å². The third kappa shape index (κ3) is 4.47. The molecule has 1 heterocycles. The molecule has 1 aliphatic heterocycles. The van der Waals surface area contributed by atoms with Crippen molar-refractivity contribution in [2.24, 2.45) is 5.41 Å². The van der Waals surface area contributed by atoms with Crippen LogP contribution in [-0.4, -0.2) is 60.3 Å². The number of morpholine rings is 1. The zero-order valence-corrected chi connectivity index (χ0v) is 12.1. The van der Waals surface area contributed by atoms with Gasteiger partial charge >= 0.3 is 5.97 Å². The summed E-state index contributed by atoms with van der Waals surface area (Å²) in [4.78, 5) is 25.2. The minimum absolute atomic E-state index is 0.0590. The van der Waals surface area contributed by atoms with Gasteiger partial charge in [0.2, 0.25) is 5.91 Å². The summed E-state index contributed by atoms with van der Waals surface area (Å²) in [5.74, 6) is -0.960. The highest BCUT2D eigenvalue weighted by atomic mass is 16.5. The van der Waals surface area contributed by atoms with Crippen molar-refractivity contribution in [1.29, 1.82) is 0 Å². The lowest BCUT2D eigenvalue weighted by Gasteiger charge is -2.38. The van der Waals surface area contributed by atoms with E-state index in [1.54, 1.807) is 13.8 Å². The first-order valence-corrected chi connectivity index (χ1v) is 6.59.